The summed E-state index contributed by atoms with van der Waals surface area (Å²) in [6, 6.07) is 12.9. The molecule has 4 nitrogen and oxygen atoms in total. The van der Waals surface area contributed by atoms with E-state index in [2.05, 4.69) is 6.92 Å². The zero-order valence-electron chi connectivity index (χ0n) is 12.3. The van der Waals surface area contributed by atoms with E-state index in [9.17, 15) is 4.79 Å². The van der Waals surface area contributed by atoms with Gasteiger partial charge in [-0.25, -0.2) is 4.79 Å². The van der Waals surface area contributed by atoms with Crippen LogP contribution in [0.2, 0.25) is 0 Å². The molecule has 0 radical (unpaired) electrons. The van der Waals surface area contributed by atoms with Gasteiger partial charge in [-0.2, -0.15) is 0 Å². The fourth-order valence-corrected chi connectivity index (χ4v) is 1.96. The van der Waals surface area contributed by atoms with Gasteiger partial charge in [-0.15, -0.1) is 0 Å². The number of rotatable bonds is 5. The summed E-state index contributed by atoms with van der Waals surface area (Å²) in [6.07, 6.45) is 0.991. The third-order valence-electron chi connectivity index (χ3n) is 3.27. The number of anilines is 1. The molecule has 0 heterocycles. The Morgan fingerprint density at radius 3 is 2.33 bits per heavy atom. The second kappa shape index (κ2) is 6.79. The first-order chi connectivity index (χ1) is 10.1. The lowest BCUT2D eigenvalue weighted by atomic mass is 10.1. The predicted molar refractivity (Wildman–Crippen MR) is 82.3 cm³/mol. The average Bonchev–Trinajstić information content (AvgIpc) is 2.53. The van der Waals surface area contributed by atoms with E-state index in [-0.39, 0.29) is 6.61 Å². The Balaban J connectivity index is 1.99. The number of ether oxygens (including phenoxy) is 2. The quantitative estimate of drug-likeness (QED) is 0.677. The second-order valence-corrected chi connectivity index (χ2v) is 4.70. The van der Waals surface area contributed by atoms with Gasteiger partial charge in [0, 0.05) is 0 Å². The molecule has 0 aliphatic heterocycles. The van der Waals surface area contributed by atoms with Crippen molar-refractivity contribution in [3.05, 3.63) is 59.2 Å². The van der Waals surface area contributed by atoms with Crippen LogP contribution in [0.5, 0.6) is 5.75 Å². The van der Waals surface area contributed by atoms with E-state index in [1.807, 2.05) is 24.3 Å². The first kappa shape index (κ1) is 14.9. The molecule has 2 rings (SSSR count). The molecule has 0 aromatic heterocycles. The van der Waals surface area contributed by atoms with E-state index < -0.39 is 5.97 Å². The number of nitrogen functional groups attached to an aromatic ring is 1. The minimum Gasteiger partial charge on any atom is -0.495 e. The molecule has 21 heavy (non-hydrogen) atoms. The van der Waals surface area contributed by atoms with E-state index >= 15 is 0 Å². The number of esters is 1. The van der Waals surface area contributed by atoms with Crippen LogP contribution in [0.15, 0.2) is 42.5 Å². The Morgan fingerprint density at radius 2 is 1.76 bits per heavy atom. The van der Waals surface area contributed by atoms with Crippen molar-refractivity contribution in [3.63, 3.8) is 0 Å². The third-order valence-corrected chi connectivity index (χ3v) is 3.27. The average molecular weight is 285 g/mol. The molecule has 0 fully saturated rings. The summed E-state index contributed by atoms with van der Waals surface area (Å²) < 4.78 is 10.3. The highest BCUT2D eigenvalue weighted by atomic mass is 16.5. The van der Waals surface area contributed by atoms with E-state index in [1.165, 1.54) is 12.7 Å². The van der Waals surface area contributed by atoms with Gasteiger partial charge >= 0.3 is 5.97 Å². The molecular weight excluding hydrogens is 266 g/mol. The highest BCUT2D eigenvalue weighted by Gasteiger charge is 2.10. The lowest BCUT2D eigenvalue weighted by molar-refractivity contribution is 0.0473. The van der Waals surface area contributed by atoms with Crippen LogP contribution >= 0.6 is 0 Å². The Kier molecular flexibility index (Phi) is 4.82. The van der Waals surface area contributed by atoms with Crippen molar-refractivity contribution in [2.24, 2.45) is 0 Å². The largest absolute Gasteiger partial charge is 0.495 e. The highest BCUT2D eigenvalue weighted by molar-refractivity contribution is 5.91. The van der Waals surface area contributed by atoms with Crippen LogP contribution in [0.3, 0.4) is 0 Å². The Bertz CT molecular complexity index is 620. The lowest BCUT2D eigenvalue weighted by Gasteiger charge is -2.08. The molecule has 0 atom stereocenters. The normalized spacial score (nSPS) is 10.2. The lowest BCUT2D eigenvalue weighted by Crippen LogP contribution is -2.06. The number of benzene rings is 2. The van der Waals surface area contributed by atoms with Crippen LogP contribution in [0.25, 0.3) is 0 Å². The molecule has 0 saturated heterocycles. The molecule has 2 N–H and O–H groups in total. The maximum Gasteiger partial charge on any atom is 0.338 e. The molecule has 0 aliphatic rings. The van der Waals surface area contributed by atoms with Gasteiger partial charge in [-0.3, -0.25) is 0 Å². The number of methoxy groups -OCH3 is 1. The molecular formula is C17H19NO3. The number of hydrogen-bond donors (Lipinski definition) is 1. The topological polar surface area (TPSA) is 61.5 Å². The van der Waals surface area contributed by atoms with Gasteiger partial charge in [0.25, 0.3) is 0 Å². The van der Waals surface area contributed by atoms with Crippen LogP contribution in [-0.4, -0.2) is 13.1 Å². The van der Waals surface area contributed by atoms with Gasteiger partial charge in [0.15, 0.2) is 0 Å². The Labute approximate surface area is 124 Å². The van der Waals surface area contributed by atoms with Crippen LogP contribution in [-0.2, 0) is 17.8 Å². The van der Waals surface area contributed by atoms with E-state index in [0.29, 0.717) is 17.0 Å². The van der Waals surface area contributed by atoms with Crippen molar-refractivity contribution in [1.29, 1.82) is 0 Å². The molecule has 0 aliphatic carbocycles. The molecule has 0 amide bonds. The highest BCUT2D eigenvalue weighted by Crippen LogP contribution is 2.22. The number of aryl methyl sites for hydroxylation is 1. The molecule has 4 heteroatoms. The van der Waals surface area contributed by atoms with Crippen LogP contribution in [0.1, 0.15) is 28.4 Å². The van der Waals surface area contributed by atoms with Gasteiger partial charge in [0.05, 0.1) is 18.4 Å². The summed E-state index contributed by atoms with van der Waals surface area (Å²) in [5, 5.41) is 0. The Morgan fingerprint density at radius 1 is 1.10 bits per heavy atom. The minimum atomic E-state index is -0.399. The molecule has 2 aromatic carbocycles. The summed E-state index contributed by atoms with van der Waals surface area (Å²) in [7, 11) is 1.53. The maximum atomic E-state index is 12.0. The van der Waals surface area contributed by atoms with Crippen molar-refractivity contribution in [1.82, 2.24) is 0 Å². The number of hydrogen-bond acceptors (Lipinski definition) is 4. The number of carbonyl (C=O) groups is 1. The van der Waals surface area contributed by atoms with Crippen molar-refractivity contribution in [3.8, 4) is 5.75 Å². The number of nitrogens with two attached hydrogens (primary N) is 1. The molecule has 0 unspecified atom stereocenters. The molecule has 0 spiro atoms. The summed E-state index contributed by atoms with van der Waals surface area (Å²) in [5.41, 5.74) is 8.82. The van der Waals surface area contributed by atoms with Crippen molar-refractivity contribution in [2.45, 2.75) is 20.0 Å². The smallest absolute Gasteiger partial charge is 0.338 e. The first-order valence-electron chi connectivity index (χ1n) is 6.82. The van der Waals surface area contributed by atoms with E-state index in [0.717, 1.165) is 12.0 Å². The third kappa shape index (κ3) is 3.75. The first-order valence-corrected chi connectivity index (χ1v) is 6.82. The van der Waals surface area contributed by atoms with E-state index in [4.69, 9.17) is 15.2 Å². The molecule has 110 valence electrons. The van der Waals surface area contributed by atoms with Crippen LogP contribution < -0.4 is 10.5 Å². The zero-order valence-corrected chi connectivity index (χ0v) is 12.3. The van der Waals surface area contributed by atoms with Gasteiger partial charge in [-0.1, -0.05) is 31.2 Å². The van der Waals surface area contributed by atoms with Crippen molar-refractivity contribution in [2.75, 3.05) is 12.8 Å². The fourth-order valence-electron chi connectivity index (χ4n) is 1.96. The van der Waals surface area contributed by atoms with Gasteiger partial charge in [0.1, 0.15) is 12.4 Å². The number of carbonyl (C=O) groups excluding carboxylic acids is 1. The summed E-state index contributed by atoms with van der Waals surface area (Å²) in [6.45, 7) is 2.35. The van der Waals surface area contributed by atoms with Gasteiger partial charge in [-0.05, 0) is 35.7 Å². The molecule has 2 aromatic rings. The predicted octanol–water partition coefficient (Wildman–Crippen LogP) is 3.20. The monoisotopic (exact) mass is 285 g/mol. The molecule has 0 bridgehead atoms. The summed E-state index contributed by atoms with van der Waals surface area (Å²) in [4.78, 5) is 12.0. The minimum absolute atomic E-state index is 0.245. The molecule has 0 saturated carbocycles. The van der Waals surface area contributed by atoms with Gasteiger partial charge < -0.3 is 15.2 Å². The van der Waals surface area contributed by atoms with E-state index in [1.54, 1.807) is 18.2 Å². The van der Waals surface area contributed by atoms with Crippen LogP contribution in [0, 0.1) is 0 Å². The second-order valence-electron chi connectivity index (χ2n) is 4.70. The SMILES string of the molecule is CCc1ccc(COC(=O)c2ccc(OC)c(N)c2)cc1. The van der Waals surface area contributed by atoms with Crippen molar-refractivity contribution >= 4 is 11.7 Å². The maximum absolute atomic E-state index is 12.0. The fraction of sp³-hybridized carbons (Fsp3) is 0.235. The van der Waals surface area contributed by atoms with Gasteiger partial charge in [0.2, 0.25) is 0 Å². The van der Waals surface area contributed by atoms with Crippen molar-refractivity contribution < 1.29 is 14.3 Å². The standard InChI is InChI=1S/C17H19NO3/c1-3-12-4-6-13(7-5-12)11-21-17(19)14-8-9-16(20-2)15(18)10-14/h4-10H,3,11,18H2,1-2H3. The van der Waals surface area contributed by atoms with Crippen LogP contribution in [0.4, 0.5) is 5.69 Å². The summed E-state index contributed by atoms with van der Waals surface area (Å²) >= 11 is 0. The Hall–Kier alpha value is -2.49. The summed E-state index contributed by atoms with van der Waals surface area (Å²) in [5.74, 6) is 0.144. The zero-order chi connectivity index (χ0) is 15.2.